The number of nitrogens with one attached hydrogen (secondary N) is 1. The third-order valence-corrected chi connectivity index (χ3v) is 5.88. The van der Waals surface area contributed by atoms with Gasteiger partial charge >= 0.3 is 0 Å². The number of carbonyl (C=O) groups excluding carboxylic acids is 1. The standard InChI is InChI=1S/C16H16N4O3S2/c21-16(7-9-25(22,23)15-4-2-1-3-5-15)17-10-13-11-20(19-18-13)14-6-8-24-12-14/h1-6,8,11-12H,7,9-10H2,(H,17,21). The highest BCUT2D eigenvalue weighted by atomic mass is 32.2. The molecule has 25 heavy (non-hydrogen) atoms. The fourth-order valence-corrected chi connectivity index (χ4v) is 4.03. The van der Waals surface area contributed by atoms with Gasteiger partial charge in [-0.25, -0.2) is 13.1 Å². The molecule has 2 aromatic heterocycles. The van der Waals surface area contributed by atoms with Crippen LogP contribution < -0.4 is 5.32 Å². The topological polar surface area (TPSA) is 94.0 Å². The molecule has 1 N–H and O–H groups in total. The van der Waals surface area contributed by atoms with Crippen LogP contribution in [0.2, 0.25) is 0 Å². The van der Waals surface area contributed by atoms with E-state index in [1.807, 2.05) is 16.8 Å². The number of hydrogen-bond acceptors (Lipinski definition) is 6. The molecule has 130 valence electrons. The Morgan fingerprint density at radius 3 is 2.72 bits per heavy atom. The van der Waals surface area contributed by atoms with Crippen LogP contribution in [0.3, 0.4) is 0 Å². The smallest absolute Gasteiger partial charge is 0.221 e. The minimum absolute atomic E-state index is 0.101. The van der Waals surface area contributed by atoms with Gasteiger partial charge in [-0.3, -0.25) is 4.79 Å². The largest absolute Gasteiger partial charge is 0.350 e. The van der Waals surface area contributed by atoms with E-state index in [1.165, 1.54) is 12.1 Å². The quantitative estimate of drug-likeness (QED) is 0.679. The molecule has 3 aromatic rings. The van der Waals surface area contributed by atoms with Crippen molar-refractivity contribution in [3.63, 3.8) is 0 Å². The van der Waals surface area contributed by atoms with Crippen LogP contribution in [-0.2, 0) is 21.2 Å². The number of carbonyl (C=O) groups is 1. The Balaban J connectivity index is 1.50. The first kappa shape index (κ1) is 17.3. The number of benzene rings is 1. The van der Waals surface area contributed by atoms with Crippen molar-refractivity contribution in [3.05, 3.63) is 59.0 Å². The normalized spacial score (nSPS) is 11.4. The summed E-state index contributed by atoms with van der Waals surface area (Å²) in [5, 5.41) is 14.5. The Bertz CT molecular complexity index is 935. The lowest BCUT2D eigenvalue weighted by Gasteiger charge is -2.05. The maximum Gasteiger partial charge on any atom is 0.221 e. The van der Waals surface area contributed by atoms with Crippen LogP contribution in [0.1, 0.15) is 12.1 Å². The monoisotopic (exact) mass is 376 g/mol. The molecule has 2 heterocycles. The summed E-state index contributed by atoms with van der Waals surface area (Å²) in [5.74, 6) is -0.575. The number of amides is 1. The summed E-state index contributed by atoms with van der Waals surface area (Å²) in [7, 11) is -3.46. The van der Waals surface area contributed by atoms with Crippen molar-refractivity contribution in [1.82, 2.24) is 20.3 Å². The van der Waals surface area contributed by atoms with Crippen LogP contribution in [0.15, 0.2) is 58.3 Å². The molecular formula is C16H16N4O3S2. The predicted molar refractivity (Wildman–Crippen MR) is 94.2 cm³/mol. The fourth-order valence-electron chi connectivity index (χ4n) is 2.14. The zero-order valence-electron chi connectivity index (χ0n) is 13.2. The molecular weight excluding hydrogens is 360 g/mol. The lowest BCUT2D eigenvalue weighted by molar-refractivity contribution is -0.120. The number of hydrogen-bond donors (Lipinski definition) is 1. The van der Waals surface area contributed by atoms with E-state index in [0.717, 1.165) is 5.69 Å². The molecule has 9 heteroatoms. The number of nitrogens with zero attached hydrogens (tertiary/aromatic N) is 3. The summed E-state index contributed by atoms with van der Waals surface area (Å²) in [6, 6.07) is 10.0. The van der Waals surface area contributed by atoms with Crippen LogP contribution in [0.5, 0.6) is 0 Å². The predicted octanol–water partition coefficient (Wildman–Crippen LogP) is 1.81. The van der Waals surface area contributed by atoms with Crippen molar-refractivity contribution in [2.24, 2.45) is 0 Å². The number of aromatic nitrogens is 3. The molecule has 0 saturated carbocycles. The summed E-state index contributed by atoms with van der Waals surface area (Å²) >= 11 is 1.55. The summed E-state index contributed by atoms with van der Waals surface area (Å²) < 4.78 is 25.9. The van der Waals surface area contributed by atoms with E-state index in [0.29, 0.717) is 5.69 Å². The summed E-state index contributed by atoms with van der Waals surface area (Å²) in [4.78, 5) is 12.1. The van der Waals surface area contributed by atoms with E-state index in [9.17, 15) is 13.2 Å². The number of thiophene rings is 1. The molecule has 0 aliphatic heterocycles. The van der Waals surface area contributed by atoms with Gasteiger partial charge in [-0.05, 0) is 23.6 Å². The van der Waals surface area contributed by atoms with Gasteiger partial charge in [-0.15, -0.1) is 5.10 Å². The average Bonchev–Trinajstić information content (AvgIpc) is 3.30. The maximum atomic E-state index is 12.1. The third kappa shape index (κ3) is 4.52. The molecule has 0 aliphatic carbocycles. The molecule has 0 saturated heterocycles. The van der Waals surface area contributed by atoms with E-state index in [1.54, 1.807) is 40.4 Å². The highest BCUT2D eigenvalue weighted by Gasteiger charge is 2.16. The zero-order valence-corrected chi connectivity index (χ0v) is 14.8. The van der Waals surface area contributed by atoms with Crippen LogP contribution in [-0.4, -0.2) is 35.1 Å². The lowest BCUT2D eigenvalue weighted by atomic mass is 10.4. The Labute approximate surface area is 149 Å². The van der Waals surface area contributed by atoms with Gasteiger partial charge < -0.3 is 5.32 Å². The number of sulfone groups is 1. The summed E-state index contributed by atoms with van der Waals surface area (Å²) in [6.45, 7) is 0.203. The summed E-state index contributed by atoms with van der Waals surface area (Å²) in [5.41, 5.74) is 1.51. The van der Waals surface area contributed by atoms with Gasteiger partial charge in [0.05, 0.1) is 29.1 Å². The van der Waals surface area contributed by atoms with Gasteiger partial charge in [0.25, 0.3) is 0 Å². The van der Waals surface area contributed by atoms with Crippen LogP contribution in [0.25, 0.3) is 5.69 Å². The second-order valence-electron chi connectivity index (χ2n) is 5.29. The van der Waals surface area contributed by atoms with Crippen LogP contribution in [0.4, 0.5) is 0 Å². The average molecular weight is 376 g/mol. The molecule has 0 fully saturated rings. The molecule has 0 bridgehead atoms. The molecule has 7 nitrogen and oxygen atoms in total. The highest BCUT2D eigenvalue weighted by Crippen LogP contribution is 2.12. The van der Waals surface area contributed by atoms with Crippen molar-refractivity contribution < 1.29 is 13.2 Å². The minimum Gasteiger partial charge on any atom is -0.350 e. The minimum atomic E-state index is -3.46. The van der Waals surface area contributed by atoms with Gasteiger partial charge in [0.15, 0.2) is 9.84 Å². The first-order valence-corrected chi connectivity index (χ1v) is 10.1. The van der Waals surface area contributed by atoms with Gasteiger partial charge in [-0.1, -0.05) is 23.4 Å². The van der Waals surface area contributed by atoms with Crippen molar-refractivity contribution in [3.8, 4) is 5.69 Å². The number of rotatable bonds is 7. The Hall–Kier alpha value is -2.52. The van der Waals surface area contributed by atoms with E-state index >= 15 is 0 Å². The fraction of sp³-hybridized carbons (Fsp3) is 0.188. The van der Waals surface area contributed by atoms with Crippen molar-refractivity contribution in [2.45, 2.75) is 17.9 Å². The third-order valence-electron chi connectivity index (χ3n) is 3.48. The van der Waals surface area contributed by atoms with Gasteiger partial charge in [0.2, 0.25) is 5.91 Å². The first-order chi connectivity index (χ1) is 12.0. The lowest BCUT2D eigenvalue weighted by Crippen LogP contribution is -2.25. The molecule has 0 unspecified atom stereocenters. The molecule has 0 atom stereocenters. The van der Waals surface area contributed by atoms with Crippen molar-refractivity contribution >= 4 is 27.1 Å². The van der Waals surface area contributed by atoms with Crippen LogP contribution in [0, 0.1) is 0 Å². The molecule has 0 radical (unpaired) electrons. The van der Waals surface area contributed by atoms with E-state index in [2.05, 4.69) is 15.6 Å². The maximum absolute atomic E-state index is 12.1. The molecule has 0 aliphatic rings. The van der Waals surface area contributed by atoms with Crippen molar-refractivity contribution in [1.29, 1.82) is 0 Å². The molecule has 3 rings (SSSR count). The summed E-state index contributed by atoms with van der Waals surface area (Å²) in [6.07, 6.45) is 1.62. The molecule has 0 spiro atoms. The Kier molecular flexibility index (Phi) is 5.25. The van der Waals surface area contributed by atoms with E-state index in [-0.39, 0.29) is 29.5 Å². The van der Waals surface area contributed by atoms with Gasteiger partial charge in [0.1, 0.15) is 5.69 Å². The molecule has 1 aromatic carbocycles. The zero-order chi connectivity index (χ0) is 17.7. The van der Waals surface area contributed by atoms with Gasteiger partial charge in [0, 0.05) is 11.8 Å². The van der Waals surface area contributed by atoms with Crippen LogP contribution >= 0.6 is 11.3 Å². The van der Waals surface area contributed by atoms with E-state index < -0.39 is 9.84 Å². The SMILES string of the molecule is O=C(CCS(=O)(=O)c1ccccc1)NCc1cn(-c2ccsc2)nn1. The highest BCUT2D eigenvalue weighted by molar-refractivity contribution is 7.91. The second kappa shape index (κ2) is 7.58. The Morgan fingerprint density at radius 1 is 1.20 bits per heavy atom. The van der Waals surface area contributed by atoms with Crippen molar-refractivity contribution in [2.75, 3.05) is 5.75 Å². The Morgan fingerprint density at radius 2 is 2.00 bits per heavy atom. The van der Waals surface area contributed by atoms with Gasteiger partial charge in [-0.2, -0.15) is 11.3 Å². The second-order valence-corrected chi connectivity index (χ2v) is 8.18. The van der Waals surface area contributed by atoms with E-state index in [4.69, 9.17) is 0 Å². The molecule has 1 amide bonds. The first-order valence-electron chi connectivity index (χ1n) is 7.53.